The Kier molecular flexibility index (Phi) is 5.74. The van der Waals surface area contributed by atoms with Gasteiger partial charge >= 0.3 is 18.3 Å². The summed E-state index contributed by atoms with van der Waals surface area (Å²) in [5.41, 5.74) is -3.98. The van der Waals surface area contributed by atoms with Crippen LogP contribution in [0.1, 0.15) is 39.5 Å². The van der Waals surface area contributed by atoms with E-state index in [2.05, 4.69) is 5.48 Å². The number of carbonyl (C=O) groups is 1. The van der Waals surface area contributed by atoms with Crippen LogP contribution in [-0.4, -0.2) is 17.3 Å². The summed E-state index contributed by atoms with van der Waals surface area (Å²) in [6.07, 6.45) is -10.8. The summed E-state index contributed by atoms with van der Waals surface area (Å²) in [4.78, 5) is 16.0. The number of carboxylic acids is 1. The van der Waals surface area contributed by atoms with Crippen molar-refractivity contribution < 1.29 is 41.1 Å². The number of alkyl halides is 6. The largest absolute Gasteiger partial charge is 0.478 e. The van der Waals surface area contributed by atoms with Crippen LogP contribution >= 0.6 is 23.2 Å². The predicted octanol–water partition coefficient (Wildman–Crippen LogP) is 6.13. The zero-order valence-corrected chi connectivity index (χ0v) is 16.0. The molecule has 162 valence electrons. The van der Waals surface area contributed by atoms with Gasteiger partial charge < -0.3 is 5.11 Å². The van der Waals surface area contributed by atoms with E-state index in [1.807, 2.05) is 0 Å². The standard InChI is InChI=1S/C18H11Cl2F6NO3/c19-10-4-9(5-11(20)6-10)16(18(24,25)26)7-14(27-30-16)8-1-2-12(15(28)29)13(3-8)17(21,22)23/h1-6,14,27H,7H2,(H,28,29). The molecule has 2 aromatic rings. The second-order valence-electron chi connectivity index (χ2n) is 6.57. The summed E-state index contributed by atoms with van der Waals surface area (Å²) in [5.74, 6) is -1.82. The van der Waals surface area contributed by atoms with E-state index in [-0.39, 0.29) is 15.6 Å². The Labute approximate surface area is 175 Å². The van der Waals surface area contributed by atoms with E-state index >= 15 is 0 Å². The molecule has 1 saturated heterocycles. The molecule has 1 fully saturated rings. The van der Waals surface area contributed by atoms with Gasteiger partial charge in [-0.25, -0.2) is 4.79 Å². The third-order valence-electron chi connectivity index (χ3n) is 4.64. The van der Waals surface area contributed by atoms with Crippen LogP contribution in [0.3, 0.4) is 0 Å². The Balaban J connectivity index is 2.06. The highest BCUT2D eigenvalue weighted by atomic mass is 35.5. The van der Waals surface area contributed by atoms with Gasteiger partial charge in [-0.2, -0.15) is 31.8 Å². The van der Waals surface area contributed by atoms with Crippen molar-refractivity contribution in [2.45, 2.75) is 30.4 Å². The fourth-order valence-electron chi connectivity index (χ4n) is 3.23. The molecule has 2 N–H and O–H groups in total. The lowest BCUT2D eigenvalue weighted by molar-refractivity contribution is -0.282. The van der Waals surface area contributed by atoms with E-state index in [1.54, 1.807) is 0 Å². The van der Waals surface area contributed by atoms with E-state index in [1.165, 1.54) is 6.07 Å². The number of hydrogen-bond donors (Lipinski definition) is 2. The normalized spacial score (nSPS) is 22.3. The van der Waals surface area contributed by atoms with Crippen LogP contribution in [0.4, 0.5) is 26.3 Å². The summed E-state index contributed by atoms with van der Waals surface area (Å²) in [6.45, 7) is 0. The van der Waals surface area contributed by atoms with Gasteiger partial charge in [-0.05, 0) is 41.5 Å². The molecular formula is C18H11Cl2F6NO3. The molecule has 0 spiro atoms. The molecule has 12 heteroatoms. The Hall–Kier alpha value is -2.01. The number of halogens is 8. The number of nitrogens with one attached hydrogen (secondary N) is 1. The second kappa shape index (κ2) is 7.60. The van der Waals surface area contributed by atoms with Gasteiger partial charge in [-0.1, -0.05) is 29.3 Å². The molecule has 2 aromatic carbocycles. The molecule has 0 aliphatic carbocycles. The van der Waals surface area contributed by atoms with Crippen LogP contribution in [0.25, 0.3) is 0 Å². The maximum absolute atomic E-state index is 14.0. The van der Waals surface area contributed by atoms with E-state index in [4.69, 9.17) is 33.1 Å². The average molecular weight is 474 g/mol. The van der Waals surface area contributed by atoms with Gasteiger partial charge in [0.25, 0.3) is 0 Å². The third-order valence-corrected chi connectivity index (χ3v) is 5.07. The van der Waals surface area contributed by atoms with Crippen molar-refractivity contribution in [3.63, 3.8) is 0 Å². The Morgan fingerprint density at radius 1 is 1.07 bits per heavy atom. The number of carboxylic acid groups (broad SMARTS) is 1. The second-order valence-corrected chi connectivity index (χ2v) is 7.44. The zero-order valence-electron chi connectivity index (χ0n) is 14.5. The fraction of sp³-hybridized carbons (Fsp3) is 0.278. The summed E-state index contributed by atoms with van der Waals surface area (Å²) < 4.78 is 81.7. The minimum Gasteiger partial charge on any atom is -0.478 e. The average Bonchev–Trinajstić information content (AvgIpc) is 3.06. The maximum Gasteiger partial charge on any atom is 0.423 e. The molecule has 3 rings (SSSR count). The number of hydrogen-bond acceptors (Lipinski definition) is 3. The first-order chi connectivity index (χ1) is 13.7. The molecule has 2 unspecified atom stereocenters. The summed E-state index contributed by atoms with van der Waals surface area (Å²) in [5, 5.41) is 8.79. The smallest absolute Gasteiger partial charge is 0.423 e. The molecule has 0 amide bonds. The summed E-state index contributed by atoms with van der Waals surface area (Å²) in [6, 6.07) is 4.06. The quantitative estimate of drug-likeness (QED) is 0.526. The molecule has 0 saturated carbocycles. The van der Waals surface area contributed by atoms with Crippen molar-refractivity contribution in [3.05, 3.63) is 68.7 Å². The first-order valence-electron chi connectivity index (χ1n) is 8.16. The topological polar surface area (TPSA) is 58.6 Å². The van der Waals surface area contributed by atoms with Crippen molar-refractivity contribution >= 4 is 29.2 Å². The highest BCUT2D eigenvalue weighted by molar-refractivity contribution is 6.34. The van der Waals surface area contributed by atoms with Crippen LogP contribution in [0.5, 0.6) is 0 Å². The van der Waals surface area contributed by atoms with Crippen LogP contribution < -0.4 is 5.48 Å². The molecule has 1 heterocycles. The van der Waals surface area contributed by atoms with Gasteiger partial charge in [0.1, 0.15) is 0 Å². The van der Waals surface area contributed by atoms with Crippen molar-refractivity contribution in [1.82, 2.24) is 5.48 Å². The Bertz CT molecular complexity index is 975. The minimum absolute atomic E-state index is 0.0849. The minimum atomic E-state index is -5.02. The highest BCUT2D eigenvalue weighted by Crippen LogP contribution is 2.52. The van der Waals surface area contributed by atoms with Crippen molar-refractivity contribution in [2.24, 2.45) is 0 Å². The predicted molar refractivity (Wildman–Crippen MR) is 94.2 cm³/mol. The van der Waals surface area contributed by atoms with E-state index in [0.29, 0.717) is 12.1 Å². The van der Waals surface area contributed by atoms with Gasteiger partial charge in [0.2, 0.25) is 5.60 Å². The van der Waals surface area contributed by atoms with Crippen molar-refractivity contribution in [1.29, 1.82) is 0 Å². The van der Waals surface area contributed by atoms with Crippen LogP contribution in [0, 0.1) is 0 Å². The van der Waals surface area contributed by atoms with Gasteiger partial charge in [-0.15, -0.1) is 0 Å². The highest BCUT2D eigenvalue weighted by Gasteiger charge is 2.62. The Morgan fingerprint density at radius 2 is 1.67 bits per heavy atom. The van der Waals surface area contributed by atoms with Crippen LogP contribution in [0.15, 0.2) is 36.4 Å². The molecular weight excluding hydrogens is 463 g/mol. The van der Waals surface area contributed by atoms with Gasteiger partial charge in [-0.3, -0.25) is 4.84 Å². The Morgan fingerprint density at radius 3 is 2.17 bits per heavy atom. The van der Waals surface area contributed by atoms with Gasteiger partial charge in [0.05, 0.1) is 17.2 Å². The number of benzene rings is 2. The molecule has 30 heavy (non-hydrogen) atoms. The number of rotatable bonds is 3. The number of aromatic carboxylic acids is 1. The summed E-state index contributed by atoms with van der Waals surface area (Å²) >= 11 is 11.6. The molecule has 0 radical (unpaired) electrons. The van der Waals surface area contributed by atoms with Gasteiger partial charge in [0, 0.05) is 16.5 Å². The lowest BCUT2D eigenvalue weighted by Crippen LogP contribution is -2.42. The summed E-state index contributed by atoms with van der Waals surface area (Å²) in [7, 11) is 0. The molecule has 4 nitrogen and oxygen atoms in total. The molecule has 2 atom stereocenters. The van der Waals surface area contributed by atoms with Crippen molar-refractivity contribution in [3.8, 4) is 0 Å². The first-order valence-corrected chi connectivity index (χ1v) is 8.91. The lowest BCUT2D eigenvalue weighted by atomic mass is 9.85. The molecule has 1 aliphatic heterocycles. The monoisotopic (exact) mass is 473 g/mol. The molecule has 1 aliphatic rings. The first kappa shape index (κ1) is 22.7. The van der Waals surface area contributed by atoms with Crippen LogP contribution in [-0.2, 0) is 16.6 Å². The molecule has 0 aromatic heterocycles. The van der Waals surface area contributed by atoms with E-state index < -0.39 is 53.1 Å². The zero-order chi connectivity index (χ0) is 22.5. The van der Waals surface area contributed by atoms with E-state index in [0.717, 1.165) is 18.2 Å². The van der Waals surface area contributed by atoms with E-state index in [9.17, 15) is 31.1 Å². The lowest BCUT2D eigenvalue weighted by Gasteiger charge is -2.30. The number of hydroxylamine groups is 1. The van der Waals surface area contributed by atoms with Gasteiger partial charge in [0.15, 0.2) is 0 Å². The van der Waals surface area contributed by atoms with Crippen molar-refractivity contribution in [2.75, 3.05) is 0 Å². The fourth-order valence-corrected chi connectivity index (χ4v) is 3.76. The van der Waals surface area contributed by atoms with Crippen LogP contribution in [0.2, 0.25) is 10.0 Å². The maximum atomic E-state index is 14.0. The molecule has 0 bridgehead atoms. The SMILES string of the molecule is O=C(O)c1ccc(C2CC(c3cc(Cl)cc(Cl)c3)(C(F)(F)F)ON2)cc1C(F)(F)F. The third kappa shape index (κ3) is 4.09.